The predicted octanol–water partition coefficient (Wildman–Crippen LogP) is 2.70. The molecule has 1 aromatic carbocycles. The third kappa shape index (κ3) is 4.56. The van der Waals surface area contributed by atoms with E-state index in [4.69, 9.17) is 9.47 Å². The normalized spacial score (nSPS) is 16.6. The molecule has 25 heavy (non-hydrogen) atoms. The van der Waals surface area contributed by atoms with Crippen LogP contribution in [-0.2, 0) is 0 Å². The summed E-state index contributed by atoms with van der Waals surface area (Å²) in [6, 6.07) is 7.11. The minimum atomic E-state index is -0.518. The highest BCUT2D eigenvalue weighted by molar-refractivity contribution is 5.89. The molecule has 1 saturated heterocycles. The van der Waals surface area contributed by atoms with Crippen LogP contribution in [0, 0.1) is 5.82 Å². The zero-order valence-corrected chi connectivity index (χ0v) is 13.8. The lowest BCUT2D eigenvalue weighted by atomic mass is 10.3. The van der Waals surface area contributed by atoms with Gasteiger partial charge in [0.05, 0.1) is 25.5 Å². The van der Waals surface area contributed by atoms with Gasteiger partial charge in [-0.25, -0.2) is 19.2 Å². The van der Waals surface area contributed by atoms with Gasteiger partial charge in [0.2, 0.25) is 0 Å². The van der Waals surface area contributed by atoms with E-state index in [0.717, 1.165) is 18.1 Å². The van der Waals surface area contributed by atoms with E-state index < -0.39 is 5.82 Å². The second kappa shape index (κ2) is 7.78. The van der Waals surface area contributed by atoms with Gasteiger partial charge in [0.15, 0.2) is 5.82 Å². The Morgan fingerprint density at radius 1 is 1.32 bits per heavy atom. The molecular formula is C17H19FN4O3. The summed E-state index contributed by atoms with van der Waals surface area (Å²) < 4.78 is 23.7. The molecule has 1 aromatic heterocycles. The SMILES string of the molecule is CCOc1ccc(NC(=O)N2CCC(Oc3ncc(F)cn3)C2)cc1. The van der Waals surface area contributed by atoms with E-state index in [1.54, 1.807) is 29.2 Å². The van der Waals surface area contributed by atoms with Crippen molar-refractivity contribution < 1.29 is 18.7 Å². The Balaban J connectivity index is 1.50. The molecule has 1 fully saturated rings. The fourth-order valence-corrected chi connectivity index (χ4v) is 2.52. The molecule has 2 amide bonds. The lowest BCUT2D eigenvalue weighted by molar-refractivity contribution is 0.183. The summed E-state index contributed by atoms with van der Waals surface area (Å²) in [6.07, 6.45) is 2.55. The third-order valence-electron chi connectivity index (χ3n) is 3.72. The first kappa shape index (κ1) is 16.9. The number of likely N-dealkylation sites (tertiary alicyclic amines) is 1. The number of nitrogens with zero attached hydrogens (tertiary/aromatic N) is 3. The van der Waals surface area contributed by atoms with E-state index in [9.17, 15) is 9.18 Å². The highest BCUT2D eigenvalue weighted by Crippen LogP contribution is 2.19. The van der Waals surface area contributed by atoms with Crippen LogP contribution in [0.3, 0.4) is 0 Å². The molecule has 0 aliphatic carbocycles. The maximum atomic E-state index is 12.8. The van der Waals surface area contributed by atoms with Crippen LogP contribution in [-0.4, -0.2) is 46.7 Å². The van der Waals surface area contributed by atoms with Crippen molar-refractivity contribution in [2.24, 2.45) is 0 Å². The Labute approximate surface area is 144 Å². The van der Waals surface area contributed by atoms with Crippen LogP contribution < -0.4 is 14.8 Å². The summed E-state index contributed by atoms with van der Waals surface area (Å²) in [5.74, 6) is 0.240. The first-order chi connectivity index (χ1) is 12.1. The molecule has 2 aromatic rings. The van der Waals surface area contributed by atoms with E-state index >= 15 is 0 Å². The quantitative estimate of drug-likeness (QED) is 0.901. The smallest absolute Gasteiger partial charge is 0.321 e. The lowest BCUT2D eigenvalue weighted by Gasteiger charge is -2.17. The molecule has 3 rings (SSSR count). The number of carbonyl (C=O) groups is 1. The van der Waals surface area contributed by atoms with Crippen LogP contribution in [0.1, 0.15) is 13.3 Å². The number of nitrogens with one attached hydrogen (secondary N) is 1. The summed E-state index contributed by atoms with van der Waals surface area (Å²) in [5.41, 5.74) is 0.694. The lowest BCUT2D eigenvalue weighted by Crippen LogP contribution is -2.34. The molecule has 132 valence electrons. The van der Waals surface area contributed by atoms with E-state index in [2.05, 4.69) is 15.3 Å². The van der Waals surface area contributed by atoms with Crippen LogP contribution >= 0.6 is 0 Å². The Morgan fingerprint density at radius 2 is 2.04 bits per heavy atom. The van der Waals surface area contributed by atoms with E-state index in [0.29, 0.717) is 31.8 Å². The molecule has 8 heteroatoms. The van der Waals surface area contributed by atoms with Gasteiger partial charge in [0, 0.05) is 18.7 Å². The largest absolute Gasteiger partial charge is 0.494 e. The van der Waals surface area contributed by atoms with Crippen LogP contribution in [0.25, 0.3) is 0 Å². The zero-order chi connectivity index (χ0) is 17.6. The molecule has 1 unspecified atom stereocenters. The zero-order valence-electron chi connectivity index (χ0n) is 13.8. The summed E-state index contributed by atoms with van der Waals surface area (Å²) in [7, 11) is 0. The number of rotatable bonds is 5. The summed E-state index contributed by atoms with van der Waals surface area (Å²) in [6.45, 7) is 3.50. The number of amides is 2. The summed E-state index contributed by atoms with van der Waals surface area (Å²) in [5, 5.41) is 2.84. The minimum Gasteiger partial charge on any atom is -0.494 e. The van der Waals surface area contributed by atoms with Gasteiger partial charge in [0.1, 0.15) is 11.9 Å². The van der Waals surface area contributed by atoms with Gasteiger partial charge in [-0.3, -0.25) is 0 Å². The molecule has 1 aliphatic rings. The Kier molecular flexibility index (Phi) is 5.27. The maximum Gasteiger partial charge on any atom is 0.321 e. The van der Waals surface area contributed by atoms with Crippen molar-refractivity contribution in [1.82, 2.24) is 14.9 Å². The van der Waals surface area contributed by atoms with Gasteiger partial charge in [-0.2, -0.15) is 0 Å². The van der Waals surface area contributed by atoms with Crippen LogP contribution in [0.4, 0.5) is 14.9 Å². The highest BCUT2D eigenvalue weighted by atomic mass is 19.1. The second-order valence-corrected chi connectivity index (χ2v) is 5.55. The Hall–Kier alpha value is -2.90. The molecule has 1 atom stereocenters. The number of halogens is 1. The fourth-order valence-electron chi connectivity index (χ4n) is 2.52. The number of urea groups is 1. The van der Waals surface area contributed by atoms with E-state index in [-0.39, 0.29) is 18.1 Å². The van der Waals surface area contributed by atoms with Crippen LogP contribution in [0.2, 0.25) is 0 Å². The second-order valence-electron chi connectivity index (χ2n) is 5.55. The van der Waals surface area contributed by atoms with Crippen molar-refractivity contribution in [2.45, 2.75) is 19.4 Å². The molecule has 1 N–H and O–H groups in total. The van der Waals surface area contributed by atoms with Gasteiger partial charge in [-0.1, -0.05) is 0 Å². The average molecular weight is 346 g/mol. The number of hydrogen-bond donors (Lipinski definition) is 1. The Bertz CT molecular complexity index is 709. The van der Waals surface area contributed by atoms with Crippen molar-refractivity contribution in [3.63, 3.8) is 0 Å². The van der Waals surface area contributed by atoms with E-state index in [1.165, 1.54) is 0 Å². The van der Waals surface area contributed by atoms with Crippen molar-refractivity contribution in [3.05, 3.63) is 42.5 Å². The first-order valence-corrected chi connectivity index (χ1v) is 8.07. The number of carbonyl (C=O) groups excluding carboxylic acids is 1. The van der Waals surface area contributed by atoms with E-state index in [1.807, 2.05) is 6.92 Å². The molecule has 0 spiro atoms. The fraction of sp³-hybridized carbons (Fsp3) is 0.353. The number of benzene rings is 1. The molecular weight excluding hydrogens is 327 g/mol. The van der Waals surface area contributed by atoms with Crippen LogP contribution in [0.15, 0.2) is 36.7 Å². The van der Waals surface area contributed by atoms with Crippen molar-refractivity contribution >= 4 is 11.7 Å². The van der Waals surface area contributed by atoms with Crippen molar-refractivity contribution in [1.29, 1.82) is 0 Å². The first-order valence-electron chi connectivity index (χ1n) is 8.07. The highest BCUT2D eigenvalue weighted by Gasteiger charge is 2.28. The van der Waals surface area contributed by atoms with Gasteiger partial charge in [-0.05, 0) is 31.2 Å². The minimum absolute atomic E-state index is 0.111. The van der Waals surface area contributed by atoms with Gasteiger partial charge >= 0.3 is 12.0 Å². The topological polar surface area (TPSA) is 76.6 Å². The molecule has 0 radical (unpaired) electrons. The predicted molar refractivity (Wildman–Crippen MR) is 89.2 cm³/mol. The number of aromatic nitrogens is 2. The maximum absolute atomic E-state index is 12.8. The molecule has 1 aliphatic heterocycles. The summed E-state index contributed by atoms with van der Waals surface area (Å²) in [4.78, 5) is 21.5. The van der Waals surface area contributed by atoms with Crippen molar-refractivity contribution in [2.75, 3.05) is 25.0 Å². The van der Waals surface area contributed by atoms with Crippen molar-refractivity contribution in [3.8, 4) is 11.8 Å². The van der Waals surface area contributed by atoms with Crippen LogP contribution in [0.5, 0.6) is 11.8 Å². The molecule has 0 bridgehead atoms. The van der Waals surface area contributed by atoms with Gasteiger partial charge in [-0.15, -0.1) is 0 Å². The molecule has 7 nitrogen and oxygen atoms in total. The standard InChI is InChI=1S/C17H19FN4O3/c1-2-24-14-5-3-13(4-6-14)21-17(23)22-8-7-15(11-22)25-16-19-9-12(18)10-20-16/h3-6,9-10,15H,2,7-8,11H2,1H3,(H,21,23). The number of hydrogen-bond acceptors (Lipinski definition) is 5. The molecule has 2 heterocycles. The average Bonchev–Trinajstić information content (AvgIpc) is 3.08. The summed E-state index contributed by atoms with van der Waals surface area (Å²) >= 11 is 0. The number of ether oxygens (including phenoxy) is 2. The number of anilines is 1. The van der Waals surface area contributed by atoms with Gasteiger partial charge in [0.25, 0.3) is 0 Å². The molecule has 0 saturated carbocycles. The Morgan fingerprint density at radius 3 is 2.72 bits per heavy atom. The monoisotopic (exact) mass is 346 g/mol. The third-order valence-corrected chi connectivity index (χ3v) is 3.72. The van der Waals surface area contributed by atoms with Gasteiger partial charge < -0.3 is 19.7 Å².